The molecule has 3 nitrogen and oxygen atoms in total. The van der Waals surface area contributed by atoms with Gasteiger partial charge in [0.1, 0.15) is 0 Å². The maximum Gasteiger partial charge on any atom is 0.216 e. The Bertz CT molecular complexity index is 377. The van der Waals surface area contributed by atoms with Crippen molar-refractivity contribution in [3.63, 3.8) is 0 Å². The Hall–Kier alpha value is -1.77. The summed E-state index contributed by atoms with van der Waals surface area (Å²) in [5.74, 6) is 0.00352. The van der Waals surface area contributed by atoms with E-state index in [1.54, 1.807) is 0 Å². The Morgan fingerprint density at radius 1 is 1.50 bits per heavy atom. The third-order valence-electron chi connectivity index (χ3n) is 2.33. The molecule has 0 spiro atoms. The second-order valence-corrected chi connectivity index (χ2v) is 3.75. The first-order valence-corrected chi connectivity index (χ1v) is 5.37. The van der Waals surface area contributed by atoms with Crippen LogP contribution in [0.15, 0.2) is 24.3 Å². The molecule has 0 fully saturated rings. The fourth-order valence-corrected chi connectivity index (χ4v) is 1.46. The first-order chi connectivity index (χ1) is 7.61. The maximum atomic E-state index is 10.6. The highest BCUT2D eigenvalue weighted by atomic mass is 16.1. The van der Waals surface area contributed by atoms with Gasteiger partial charge in [-0.2, -0.15) is 0 Å². The van der Waals surface area contributed by atoms with E-state index in [0.29, 0.717) is 6.54 Å². The standard InChI is InChI=1S/C13H18N2O/c1-10-6-5-8-13(14)12(10)7-3-4-9-15-11(2)16/h3,5-8H,4,9,14H2,1-2H3,(H,15,16). The zero-order chi connectivity index (χ0) is 12.0. The fraction of sp³-hybridized carbons (Fsp3) is 0.308. The van der Waals surface area contributed by atoms with Crippen LogP contribution < -0.4 is 11.1 Å². The SMILES string of the molecule is CC(=O)NCCC=Cc1c(C)cccc1N. The highest BCUT2D eigenvalue weighted by Gasteiger charge is 1.97. The topological polar surface area (TPSA) is 55.1 Å². The predicted octanol–water partition coefficient (Wildman–Crippen LogP) is 2.12. The Labute approximate surface area is 96.3 Å². The Kier molecular flexibility index (Phi) is 4.58. The predicted molar refractivity (Wildman–Crippen MR) is 67.9 cm³/mol. The number of hydrogen-bond acceptors (Lipinski definition) is 2. The van der Waals surface area contributed by atoms with Gasteiger partial charge in [-0.3, -0.25) is 4.79 Å². The van der Waals surface area contributed by atoms with Crippen molar-refractivity contribution in [2.24, 2.45) is 0 Å². The van der Waals surface area contributed by atoms with Crippen molar-refractivity contribution in [3.05, 3.63) is 35.4 Å². The smallest absolute Gasteiger partial charge is 0.216 e. The van der Waals surface area contributed by atoms with Crippen LogP contribution in [0.2, 0.25) is 0 Å². The number of nitrogen functional groups attached to an aromatic ring is 1. The molecule has 0 heterocycles. The summed E-state index contributed by atoms with van der Waals surface area (Å²) in [6.45, 7) is 4.21. The summed E-state index contributed by atoms with van der Waals surface area (Å²) in [5.41, 5.74) is 8.87. The number of benzene rings is 1. The van der Waals surface area contributed by atoms with Crippen molar-refractivity contribution >= 4 is 17.7 Å². The molecule has 0 bridgehead atoms. The Balaban J connectivity index is 2.53. The summed E-state index contributed by atoms with van der Waals surface area (Å²) in [7, 11) is 0. The summed E-state index contributed by atoms with van der Waals surface area (Å²) in [4.78, 5) is 10.6. The molecule has 0 aliphatic rings. The van der Waals surface area contributed by atoms with Crippen LogP contribution in [0, 0.1) is 6.92 Å². The number of carbonyl (C=O) groups is 1. The first-order valence-electron chi connectivity index (χ1n) is 5.37. The summed E-state index contributed by atoms with van der Waals surface area (Å²) in [5, 5.41) is 2.74. The van der Waals surface area contributed by atoms with E-state index in [0.717, 1.165) is 23.2 Å². The van der Waals surface area contributed by atoms with E-state index in [-0.39, 0.29) is 5.91 Å². The van der Waals surface area contributed by atoms with E-state index in [2.05, 4.69) is 5.32 Å². The molecule has 0 atom stereocenters. The van der Waals surface area contributed by atoms with Gasteiger partial charge in [-0.25, -0.2) is 0 Å². The highest BCUT2D eigenvalue weighted by Crippen LogP contribution is 2.17. The van der Waals surface area contributed by atoms with Crippen LogP contribution in [0.4, 0.5) is 5.69 Å². The number of amides is 1. The van der Waals surface area contributed by atoms with Gasteiger partial charge >= 0.3 is 0 Å². The molecule has 0 aromatic heterocycles. The Morgan fingerprint density at radius 3 is 2.88 bits per heavy atom. The molecule has 3 N–H and O–H groups in total. The molecule has 0 radical (unpaired) electrons. The van der Waals surface area contributed by atoms with Crippen molar-refractivity contribution in [2.75, 3.05) is 12.3 Å². The summed E-state index contributed by atoms with van der Waals surface area (Å²) < 4.78 is 0. The van der Waals surface area contributed by atoms with E-state index in [9.17, 15) is 4.79 Å². The first kappa shape index (κ1) is 12.3. The van der Waals surface area contributed by atoms with E-state index < -0.39 is 0 Å². The largest absolute Gasteiger partial charge is 0.398 e. The zero-order valence-electron chi connectivity index (χ0n) is 9.79. The third kappa shape index (κ3) is 3.77. The molecule has 0 saturated heterocycles. The summed E-state index contributed by atoms with van der Waals surface area (Å²) in [6, 6.07) is 5.86. The lowest BCUT2D eigenvalue weighted by Gasteiger charge is -2.04. The van der Waals surface area contributed by atoms with Crippen LogP contribution in [0.25, 0.3) is 6.08 Å². The van der Waals surface area contributed by atoms with Gasteiger partial charge in [0.2, 0.25) is 5.91 Å². The lowest BCUT2D eigenvalue weighted by Crippen LogP contribution is -2.20. The number of nitrogens with two attached hydrogens (primary N) is 1. The molecule has 1 aromatic carbocycles. The van der Waals surface area contributed by atoms with E-state index in [1.807, 2.05) is 37.3 Å². The Morgan fingerprint density at radius 2 is 2.25 bits per heavy atom. The van der Waals surface area contributed by atoms with Gasteiger partial charge in [0.05, 0.1) is 0 Å². The number of rotatable bonds is 4. The van der Waals surface area contributed by atoms with Crippen LogP contribution in [0.5, 0.6) is 0 Å². The average molecular weight is 218 g/mol. The van der Waals surface area contributed by atoms with Gasteiger partial charge in [0.15, 0.2) is 0 Å². The van der Waals surface area contributed by atoms with Crippen LogP contribution in [0.1, 0.15) is 24.5 Å². The van der Waals surface area contributed by atoms with Gasteiger partial charge < -0.3 is 11.1 Å². The zero-order valence-corrected chi connectivity index (χ0v) is 9.79. The van der Waals surface area contributed by atoms with Gasteiger partial charge in [0, 0.05) is 19.2 Å². The number of nitrogens with one attached hydrogen (secondary N) is 1. The normalized spacial score (nSPS) is 10.6. The van der Waals surface area contributed by atoms with Gasteiger partial charge in [-0.1, -0.05) is 24.3 Å². The molecular formula is C13H18N2O. The van der Waals surface area contributed by atoms with Crippen molar-refractivity contribution in [3.8, 4) is 0 Å². The van der Waals surface area contributed by atoms with E-state index in [4.69, 9.17) is 5.73 Å². The molecule has 0 aliphatic heterocycles. The molecule has 1 aromatic rings. The molecule has 0 saturated carbocycles. The molecule has 0 unspecified atom stereocenters. The number of anilines is 1. The number of carbonyl (C=O) groups excluding carboxylic acids is 1. The number of aryl methyl sites for hydroxylation is 1. The molecule has 3 heteroatoms. The van der Waals surface area contributed by atoms with Gasteiger partial charge in [-0.15, -0.1) is 0 Å². The molecule has 86 valence electrons. The van der Waals surface area contributed by atoms with Gasteiger partial charge in [0.25, 0.3) is 0 Å². The lowest BCUT2D eigenvalue weighted by atomic mass is 10.1. The second-order valence-electron chi connectivity index (χ2n) is 3.75. The van der Waals surface area contributed by atoms with Crippen LogP contribution >= 0.6 is 0 Å². The van der Waals surface area contributed by atoms with Crippen molar-refractivity contribution in [2.45, 2.75) is 20.3 Å². The van der Waals surface area contributed by atoms with Crippen molar-refractivity contribution in [1.82, 2.24) is 5.32 Å². The average Bonchev–Trinajstić information content (AvgIpc) is 2.21. The van der Waals surface area contributed by atoms with E-state index in [1.165, 1.54) is 6.92 Å². The summed E-state index contributed by atoms with van der Waals surface area (Å²) in [6.07, 6.45) is 4.84. The van der Waals surface area contributed by atoms with Gasteiger partial charge in [-0.05, 0) is 30.5 Å². The van der Waals surface area contributed by atoms with Crippen LogP contribution in [0.3, 0.4) is 0 Å². The van der Waals surface area contributed by atoms with Crippen molar-refractivity contribution in [1.29, 1.82) is 0 Å². The minimum atomic E-state index is 0.00352. The third-order valence-corrected chi connectivity index (χ3v) is 2.33. The summed E-state index contributed by atoms with van der Waals surface area (Å²) >= 11 is 0. The van der Waals surface area contributed by atoms with Crippen LogP contribution in [-0.4, -0.2) is 12.5 Å². The second kappa shape index (κ2) is 5.95. The van der Waals surface area contributed by atoms with E-state index >= 15 is 0 Å². The minimum Gasteiger partial charge on any atom is -0.398 e. The fourth-order valence-electron chi connectivity index (χ4n) is 1.46. The lowest BCUT2D eigenvalue weighted by molar-refractivity contribution is -0.118. The monoisotopic (exact) mass is 218 g/mol. The molecule has 16 heavy (non-hydrogen) atoms. The molecule has 1 amide bonds. The molecule has 0 aliphatic carbocycles. The van der Waals surface area contributed by atoms with Crippen molar-refractivity contribution < 1.29 is 4.79 Å². The number of hydrogen-bond donors (Lipinski definition) is 2. The highest BCUT2D eigenvalue weighted by molar-refractivity contribution is 5.72. The maximum absolute atomic E-state index is 10.6. The quantitative estimate of drug-likeness (QED) is 0.600. The van der Waals surface area contributed by atoms with Crippen LogP contribution in [-0.2, 0) is 4.79 Å². The molecular weight excluding hydrogens is 200 g/mol. The minimum absolute atomic E-state index is 0.00352. The molecule has 1 rings (SSSR count).